The molecule has 1 aromatic carbocycles. The second-order valence-corrected chi connectivity index (χ2v) is 8.85. The summed E-state index contributed by atoms with van der Waals surface area (Å²) in [7, 11) is 3.84. The number of aryl methyl sites for hydroxylation is 1. The lowest BCUT2D eigenvalue weighted by atomic mass is 9.99. The highest BCUT2D eigenvalue weighted by molar-refractivity contribution is 6.30. The van der Waals surface area contributed by atoms with Crippen LogP contribution in [-0.2, 0) is 12.8 Å². The summed E-state index contributed by atoms with van der Waals surface area (Å²) in [5.74, 6) is 0.615. The summed E-state index contributed by atoms with van der Waals surface area (Å²) in [6.07, 6.45) is 6.59. The van der Waals surface area contributed by atoms with E-state index in [-0.39, 0.29) is 11.9 Å². The molecule has 1 amide bonds. The van der Waals surface area contributed by atoms with Crippen molar-refractivity contribution in [3.63, 3.8) is 0 Å². The lowest BCUT2D eigenvalue weighted by Gasteiger charge is -2.26. The lowest BCUT2D eigenvalue weighted by Crippen LogP contribution is -2.32. The third-order valence-electron chi connectivity index (χ3n) is 6.18. The molecule has 1 atom stereocenters. The van der Waals surface area contributed by atoms with Crippen LogP contribution in [0.15, 0.2) is 30.5 Å². The Bertz CT molecular complexity index is 1140. The molecule has 160 valence electrons. The largest absolute Gasteiger partial charge is 0.347 e. The fraction of sp³-hybridized carbons (Fsp3) is 0.391. The second kappa shape index (κ2) is 7.96. The molecule has 1 aliphatic heterocycles. The number of aromatic nitrogens is 4. The fourth-order valence-electron chi connectivity index (χ4n) is 4.66. The van der Waals surface area contributed by atoms with E-state index in [4.69, 9.17) is 16.6 Å². The Balaban J connectivity index is 1.57. The van der Waals surface area contributed by atoms with Gasteiger partial charge in [-0.2, -0.15) is 5.10 Å². The zero-order valence-corrected chi connectivity index (χ0v) is 18.5. The monoisotopic (exact) mass is 436 g/mol. The first-order valence-electron chi connectivity index (χ1n) is 10.7. The first-order valence-corrected chi connectivity index (χ1v) is 11.1. The van der Waals surface area contributed by atoms with Gasteiger partial charge in [-0.25, -0.2) is 9.97 Å². The number of likely N-dealkylation sites (tertiary alicyclic amines) is 1. The van der Waals surface area contributed by atoms with E-state index in [1.807, 2.05) is 54.4 Å². The number of carbonyl (C=O) groups is 1. The zero-order valence-electron chi connectivity index (χ0n) is 17.7. The second-order valence-electron chi connectivity index (χ2n) is 8.41. The van der Waals surface area contributed by atoms with Crippen LogP contribution in [0.2, 0.25) is 5.02 Å². The molecule has 1 aliphatic carbocycles. The van der Waals surface area contributed by atoms with Crippen LogP contribution in [0.1, 0.15) is 52.7 Å². The Morgan fingerprint density at radius 2 is 2.13 bits per heavy atom. The normalized spacial score (nSPS) is 17.8. The minimum atomic E-state index is -0.128. The van der Waals surface area contributed by atoms with Crippen molar-refractivity contribution < 1.29 is 4.79 Å². The molecule has 1 N–H and O–H groups in total. The molecule has 3 aromatic rings. The van der Waals surface area contributed by atoms with Gasteiger partial charge in [0, 0.05) is 48.7 Å². The van der Waals surface area contributed by atoms with E-state index in [1.54, 1.807) is 0 Å². The van der Waals surface area contributed by atoms with Crippen molar-refractivity contribution in [2.45, 2.75) is 38.1 Å². The average molecular weight is 437 g/mol. The third kappa shape index (κ3) is 3.57. The van der Waals surface area contributed by atoms with Gasteiger partial charge in [-0.15, -0.1) is 0 Å². The van der Waals surface area contributed by atoms with Gasteiger partial charge in [-0.05, 0) is 49.8 Å². The Labute approximate surface area is 186 Å². The number of carbonyl (C=O) groups excluding carboxylic acids is 1. The van der Waals surface area contributed by atoms with Crippen LogP contribution in [0, 0.1) is 0 Å². The number of anilines is 1. The number of hydrogen-bond acceptors (Lipinski definition) is 5. The Morgan fingerprint density at radius 3 is 2.94 bits per heavy atom. The molecule has 0 radical (unpaired) electrons. The molecule has 31 heavy (non-hydrogen) atoms. The topological polar surface area (TPSA) is 78.0 Å². The van der Waals surface area contributed by atoms with E-state index < -0.39 is 0 Å². The number of fused-ring (bicyclic) bond motifs is 1. The predicted molar refractivity (Wildman–Crippen MR) is 120 cm³/mol. The van der Waals surface area contributed by atoms with Crippen molar-refractivity contribution in [3.8, 4) is 11.1 Å². The van der Waals surface area contributed by atoms with Crippen molar-refractivity contribution in [2.75, 3.05) is 25.5 Å². The Kier molecular flexibility index (Phi) is 5.14. The van der Waals surface area contributed by atoms with E-state index in [0.717, 1.165) is 60.2 Å². The highest BCUT2D eigenvalue weighted by atomic mass is 35.5. The predicted octanol–water partition coefficient (Wildman–Crippen LogP) is 4.05. The number of benzene rings is 1. The number of halogens is 1. The number of rotatable bonds is 4. The minimum Gasteiger partial charge on any atom is -0.347 e. The average Bonchev–Trinajstić information content (AvgIpc) is 3.49. The molecule has 1 fully saturated rings. The van der Waals surface area contributed by atoms with Gasteiger partial charge in [0.05, 0.1) is 11.7 Å². The van der Waals surface area contributed by atoms with Gasteiger partial charge >= 0.3 is 0 Å². The molecule has 1 saturated heterocycles. The number of aromatic amines is 1. The van der Waals surface area contributed by atoms with Crippen LogP contribution in [0.5, 0.6) is 0 Å². The SMILES string of the molecule is CN(C)c1ncc(-c2cccc(Cl)c2)c(C2CCCN2C(=O)c2n[nH]c3c2CCC3)n1. The van der Waals surface area contributed by atoms with Gasteiger partial charge < -0.3 is 9.80 Å². The van der Waals surface area contributed by atoms with Gasteiger partial charge in [0.25, 0.3) is 5.91 Å². The number of nitrogens with one attached hydrogen (secondary N) is 1. The van der Waals surface area contributed by atoms with Crippen molar-refractivity contribution in [2.24, 2.45) is 0 Å². The standard InChI is InChI=1S/C23H25ClN6O/c1-29(2)23-25-13-17(14-6-3-7-15(24)12-14)20(26-23)19-10-5-11-30(19)22(31)21-16-8-4-9-18(16)27-28-21/h3,6-7,12-13,19H,4-5,8-11H2,1-2H3,(H,27,28). The van der Waals surface area contributed by atoms with Gasteiger partial charge in [0.2, 0.25) is 5.95 Å². The highest BCUT2D eigenvalue weighted by Crippen LogP contribution is 2.39. The van der Waals surface area contributed by atoms with Crippen molar-refractivity contribution >= 4 is 23.5 Å². The number of amides is 1. The smallest absolute Gasteiger partial charge is 0.275 e. The lowest BCUT2D eigenvalue weighted by molar-refractivity contribution is 0.0726. The molecule has 8 heteroatoms. The maximum Gasteiger partial charge on any atom is 0.275 e. The maximum atomic E-state index is 13.5. The van der Waals surface area contributed by atoms with Crippen molar-refractivity contribution in [1.29, 1.82) is 0 Å². The van der Waals surface area contributed by atoms with Gasteiger partial charge in [-0.3, -0.25) is 9.89 Å². The van der Waals surface area contributed by atoms with Crippen LogP contribution in [-0.4, -0.2) is 51.6 Å². The summed E-state index contributed by atoms with van der Waals surface area (Å²) in [5.41, 5.74) is 5.49. The van der Waals surface area contributed by atoms with E-state index in [9.17, 15) is 4.79 Å². The minimum absolute atomic E-state index is 0.0102. The van der Waals surface area contributed by atoms with Crippen molar-refractivity contribution in [3.05, 3.63) is 58.1 Å². The molecule has 7 nitrogen and oxygen atoms in total. The summed E-state index contributed by atoms with van der Waals surface area (Å²) in [4.78, 5) is 26.8. The third-order valence-corrected chi connectivity index (χ3v) is 6.41. The molecule has 3 heterocycles. The quantitative estimate of drug-likeness (QED) is 0.667. The number of H-pyrrole nitrogens is 1. The molecular formula is C23H25ClN6O. The highest BCUT2D eigenvalue weighted by Gasteiger charge is 2.36. The van der Waals surface area contributed by atoms with Gasteiger partial charge in [0.15, 0.2) is 5.69 Å². The van der Waals surface area contributed by atoms with E-state index in [1.165, 1.54) is 0 Å². The van der Waals surface area contributed by atoms with E-state index in [0.29, 0.717) is 23.2 Å². The molecular weight excluding hydrogens is 412 g/mol. The molecule has 0 spiro atoms. The molecule has 0 bridgehead atoms. The van der Waals surface area contributed by atoms with Crippen LogP contribution in [0.25, 0.3) is 11.1 Å². The summed E-state index contributed by atoms with van der Waals surface area (Å²) < 4.78 is 0. The molecule has 0 saturated carbocycles. The van der Waals surface area contributed by atoms with Crippen LogP contribution in [0.3, 0.4) is 0 Å². The zero-order chi connectivity index (χ0) is 21.5. The van der Waals surface area contributed by atoms with Crippen LogP contribution >= 0.6 is 11.6 Å². The number of hydrogen-bond donors (Lipinski definition) is 1. The fourth-order valence-corrected chi connectivity index (χ4v) is 4.85. The summed E-state index contributed by atoms with van der Waals surface area (Å²) in [5, 5.41) is 8.10. The summed E-state index contributed by atoms with van der Waals surface area (Å²) in [6.45, 7) is 0.696. The Hall–Kier alpha value is -2.93. The first kappa shape index (κ1) is 20.0. The summed E-state index contributed by atoms with van der Waals surface area (Å²) >= 11 is 6.26. The van der Waals surface area contributed by atoms with Gasteiger partial charge in [-0.1, -0.05) is 23.7 Å². The maximum absolute atomic E-state index is 13.5. The van der Waals surface area contributed by atoms with E-state index in [2.05, 4.69) is 15.2 Å². The molecule has 2 aliphatic rings. The molecule has 1 unspecified atom stereocenters. The molecule has 5 rings (SSSR count). The van der Waals surface area contributed by atoms with Crippen molar-refractivity contribution in [1.82, 2.24) is 25.1 Å². The first-order chi connectivity index (χ1) is 15.0. The number of nitrogens with zero attached hydrogens (tertiary/aromatic N) is 5. The van der Waals surface area contributed by atoms with E-state index >= 15 is 0 Å². The summed E-state index contributed by atoms with van der Waals surface area (Å²) in [6, 6.07) is 7.57. The van der Waals surface area contributed by atoms with Crippen LogP contribution in [0.4, 0.5) is 5.95 Å². The van der Waals surface area contributed by atoms with Gasteiger partial charge in [0.1, 0.15) is 0 Å². The Morgan fingerprint density at radius 1 is 1.26 bits per heavy atom. The van der Waals surface area contributed by atoms with Crippen LogP contribution < -0.4 is 4.90 Å². The molecule has 2 aromatic heterocycles.